The highest BCUT2D eigenvalue weighted by atomic mass is 35.5. The minimum absolute atomic E-state index is 0.176. The Labute approximate surface area is 130 Å². The Kier molecular flexibility index (Phi) is 4.69. The summed E-state index contributed by atoms with van der Waals surface area (Å²) in [5.74, 6) is 0. The molecule has 0 spiro atoms. The molecule has 112 valence electrons. The molecule has 1 atom stereocenters. The van der Waals surface area contributed by atoms with Gasteiger partial charge < -0.3 is 4.55 Å². The zero-order chi connectivity index (χ0) is 15.0. The molecule has 3 nitrogen and oxygen atoms in total. The largest absolute Gasteiger partial charge is 0.597 e. The summed E-state index contributed by atoms with van der Waals surface area (Å²) in [6.07, 6.45) is 6.10. The first-order chi connectivity index (χ1) is 9.27. The van der Waals surface area contributed by atoms with Gasteiger partial charge in [0.1, 0.15) is 9.90 Å². The third-order valence-corrected chi connectivity index (χ3v) is 6.17. The number of halogens is 1. The van der Waals surface area contributed by atoms with Gasteiger partial charge in [-0.25, -0.2) is 4.98 Å². The Bertz CT molecular complexity index is 469. The van der Waals surface area contributed by atoms with Crippen LogP contribution in [0.2, 0.25) is 5.15 Å². The van der Waals surface area contributed by atoms with Crippen LogP contribution in [0, 0.1) is 0 Å². The fraction of sp³-hybridized carbons (Fsp3) is 0.667. The van der Waals surface area contributed by atoms with Crippen molar-refractivity contribution in [3.63, 3.8) is 0 Å². The fourth-order valence-electron chi connectivity index (χ4n) is 3.01. The van der Waals surface area contributed by atoms with E-state index in [0.717, 1.165) is 31.2 Å². The van der Waals surface area contributed by atoms with Crippen molar-refractivity contribution in [2.24, 2.45) is 0 Å². The molecule has 5 heteroatoms. The van der Waals surface area contributed by atoms with Gasteiger partial charge in [-0.15, -0.1) is 4.31 Å². The van der Waals surface area contributed by atoms with Crippen LogP contribution in [0.5, 0.6) is 0 Å². The van der Waals surface area contributed by atoms with Gasteiger partial charge >= 0.3 is 0 Å². The molecule has 0 aromatic carbocycles. The Hall–Kier alpha value is -0.290. The van der Waals surface area contributed by atoms with E-state index >= 15 is 0 Å². The van der Waals surface area contributed by atoms with E-state index in [1.807, 2.05) is 44.3 Å². The van der Waals surface area contributed by atoms with Crippen LogP contribution in [-0.2, 0) is 16.9 Å². The lowest BCUT2D eigenvalue weighted by Gasteiger charge is -2.42. The molecule has 20 heavy (non-hydrogen) atoms. The molecule has 1 aromatic heterocycles. The van der Waals surface area contributed by atoms with Crippen molar-refractivity contribution < 1.29 is 4.55 Å². The summed E-state index contributed by atoms with van der Waals surface area (Å²) in [6.45, 7) is 6.05. The lowest BCUT2D eigenvalue weighted by Crippen LogP contribution is -2.51. The van der Waals surface area contributed by atoms with Gasteiger partial charge in [-0.05, 0) is 51.3 Å². The lowest BCUT2D eigenvalue weighted by atomic mass is 9.89. The van der Waals surface area contributed by atoms with Crippen LogP contribution in [0.3, 0.4) is 0 Å². The maximum atomic E-state index is 12.8. The highest BCUT2D eigenvalue weighted by molar-refractivity contribution is 7.90. The second kappa shape index (κ2) is 5.84. The van der Waals surface area contributed by atoms with Crippen LogP contribution in [-0.4, -0.2) is 25.6 Å². The standard InChI is InChI=1S/C15H23ClN2OS/c1-14(2,3)20(19)18(4)15(8-5-6-9-15)12-7-10-17-13(16)11-12/h7,10-11H,5-6,8-9H2,1-4H3. The minimum Gasteiger partial charge on any atom is -0.597 e. The summed E-state index contributed by atoms with van der Waals surface area (Å²) >= 11 is 5.01. The molecular formula is C15H23ClN2OS. The Balaban J connectivity index is 2.40. The van der Waals surface area contributed by atoms with Gasteiger partial charge in [-0.1, -0.05) is 24.4 Å². The summed E-state index contributed by atoms with van der Waals surface area (Å²) < 4.78 is 14.6. The van der Waals surface area contributed by atoms with Crippen molar-refractivity contribution in [2.45, 2.75) is 56.7 Å². The van der Waals surface area contributed by atoms with Crippen molar-refractivity contribution >= 4 is 23.0 Å². The van der Waals surface area contributed by atoms with Gasteiger partial charge in [0.15, 0.2) is 0 Å². The maximum Gasteiger partial charge on any atom is 0.137 e. The number of hydrogen-bond donors (Lipinski definition) is 0. The van der Waals surface area contributed by atoms with Crippen LogP contribution in [0.25, 0.3) is 0 Å². The van der Waals surface area contributed by atoms with Crippen molar-refractivity contribution in [2.75, 3.05) is 7.05 Å². The van der Waals surface area contributed by atoms with E-state index < -0.39 is 11.4 Å². The molecule has 1 aliphatic rings. The normalized spacial score (nSPS) is 20.4. The van der Waals surface area contributed by atoms with Gasteiger partial charge in [0, 0.05) is 24.6 Å². The molecule has 1 aromatic rings. The first-order valence-electron chi connectivity index (χ1n) is 7.05. The molecule has 0 saturated heterocycles. The van der Waals surface area contributed by atoms with Crippen LogP contribution < -0.4 is 0 Å². The number of rotatable bonds is 3. The smallest absolute Gasteiger partial charge is 0.137 e. The third-order valence-electron chi connectivity index (χ3n) is 4.07. The first-order valence-corrected chi connectivity index (χ1v) is 8.54. The van der Waals surface area contributed by atoms with Crippen LogP contribution in [0.4, 0.5) is 0 Å². The molecule has 2 rings (SSSR count). The van der Waals surface area contributed by atoms with E-state index in [1.165, 1.54) is 0 Å². The minimum atomic E-state index is -1.05. The number of aromatic nitrogens is 1. The summed E-state index contributed by atoms with van der Waals surface area (Å²) in [5.41, 5.74) is 0.958. The molecule has 1 saturated carbocycles. The van der Waals surface area contributed by atoms with Gasteiger partial charge in [0.2, 0.25) is 0 Å². The predicted octanol–water partition coefficient (Wildman–Crippen LogP) is 3.90. The number of hydrogen-bond acceptors (Lipinski definition) is 3. The summed E-state index contributed by atoms with van der Waals surface area (Å²) in [6, 6.07) is 3.93. The average molecular weight is 315 g/mol. The van der Waals surface area contributed by atoms with E-state index in [9.17, 15) is 4.55 Å². The topological polar surface area (TPSA) is 39.2 Å². The molecule has 1 unspecified atom stereocenters. The Morgan fingerprint density at radius 2 is 1.95 bits per heavy atom. The highest BCUT2D eigenvalue weighted by Crippen LogP contribution is 2.46. The first kappa shape index (κ1) is 16.1. The highest BCUT2D eigenvalue weighted by Gasteiger charge is 2.48. The monoisotopic (exact) mass is 314 g/mol. The molecule has 0 aliphatic heterocycles. The quantitative estimate of drug-likeness (QED) is 0.627. The molecule has 0 amide bonds. The molecule has 0 N–H and O–H groups in total. The fourth-order valence-corrected chi connectivity index (χ4v) is 4.61. The zero-order valence-electron chi connectivity index (χ0n) is 12.6. The summed E-state index contributed by atoms with van der Waals surface area (Å²) in [7, 11) is 1.97. The van der Waals surface area contributed by atoms with E-state index in [2.05, 4.69) is 4.98 Å². The van der Waals surface area contributed by atoms with Crippen molar-refractivity contribution in [1.82, 2.24) is 9.29 Å². The molecule has 1 aliphatic carbocycles. The van der Waals surface area contributed by atoms with Crippen LogP contribution >= 0.6 is 11.6 Å². The predicted molar refractivity (Wildman–Crippen MR) is 85.1 cm³/mol. The van der Waals surface area contributed by atoms with Gasteiger partial charge in [-0.2, -0.15) is 0 Å². The van der Waals surface area contributed by atoms with E-state index in [0.29, 0.717) is 5.15 Å². The molecule has 0 bridgehead atoms. The van der Waals surface area contributed by atoms with Crippen LogP contribution in [0.1, 0.15) is 52.0 Å². The SMILES string of the molecule is CN([S+]([O-])C(C)(C)C)C1(c2ccnc(Cl)c2)CCCC1. The van der Waals surface area contributed by atoms with E-state index in [-0.39, 0.29) is 10.3 Å². The van der Waals surface area contributed by atoms with E-state index in [4.69, 9.17) is 11.6 Å². The van der Waals surface area contributed by atoms with Gasteiger partial charge in [0.05, 0.1) is 5.54 Å². The Morgan fingerprint density at radius 3 is 2.45 bits per heavy atom. The van der Waals surface area contributed by atoms with Crippen molar-refractivity contribution in [1.29, 1.82) is 0 Å². The van der Waals surface area contributed by atoms with Gasteiger partial charge in [-0.3, -0.25) is 0 Å². The van der Waals surface area contributed by atoms with Crippen LogP contribution in [0.15, 0.2) is 18.3 Å². The van der Waals surface area contributed by atoms with Gasteiger partial charge in [0.25, 0.3) is 0 Å². The number of pyridine rings is 1. The zero-order valence-corrected chi connectivity index (χ0v) is 14.2. The number of nitrogens with zero attached hydrogens (tertiary/aromatic N) is 2. The Morgan fingerprint density at radius 1 is 1.35 bits per heavy atom. The molecule has 0 radical (unpaired) electrons. The second-order valence-corrected chi connectivity index (χ2v) is 9.12. The lowest BCUT2D eigenvalue weighted by molar-refractivity contribution is 0.219. The van der Waals surface area contributed by atoms with E-state index in [1.54, 1.807) is 6.20 Å². The molecule has 1 fully saturated rings. The summed E-state index contributed by atoms with van der Waals surface area (Å²) in [5, 5.41) is 0.503. The third kappa shape index (κ3) is 2.98. The van der Waals surface area contributed by atoms with Crippen molar-refractivity contribution in [3.8, 4) is 0 Å². The maximum absolute atomic E-state index is 12.8. The van der Waals surface area contributed by atoms with Crippen molar-refractivity contribution in [3.05, 3.63) is 29.0 Å². The summed E-state index contributed by atoms with van der Waals surface area (Å²) in [4.78, 5) is 4.07. The molecule has 1 heterocycles. The second-order valence-electron chi connectivity index (χ2n) is 6.46. The molecular weight excluding hydrogens is 292 g/mol. The average Bonchev–Trinajstić information content (AvgIpc) is 2.86.